The summed E-state index contributed by atoms with van der Waals surface area (Å²) in [5.41, 5.74) is 1.94. The molecule has 2 aromatic rings. The number of nitrogens with one attached hydrogen (secondary N) is 1. The molecule has 0 saturated carbocycles. The van der Waals surface area contributed by atoms with Gasteiger partial charge in [-0.05, 0) is 35.4 Å². The number of imide groups is 1. The third kappa shape index (κ3) is 5.92. The van der Waals surface area contributed by atoms with Gasteiger partial charge in [0.15, 0.2) is 0 Å². The number of hydrogen-bond acceptors (Lipinski definition) is 5. The molecule has 1 heterocycles. The standard InChI is InChI=1S/C23H22N2O4S/c26-16-19(14-18-10-5-2-6-11-18)24-21(27)15-25-22(28)20(30-23(25)29)13-7-12-17-8-3-1-4-9-17/h1-13,19,26H,14-16H2,(H,24,27)/b12-7+,20-13-. The molecule has 3 amide bonds. The van der Waals surface area contributed by atoms with Crippen LogP contribution in [-0.4, -0.2) is 46.3 Å². The Morgan fingerprint density at radius 2 is 1.73 bits per heavy atom. The monoisotopic (exact) mass is 422 g/mol. The maximum Gasteiger partial charge on any atom is 0.294 e. The Kier molecular flexibility index (Phi) is 7.59. The van der Waals surface area contributed by atoms with Crippen molar-refractivity contribution in [1.82, 2.24) is 10.2 Å². The molecule has 1 aliphatic heterocycles. The number of aliphatic hydroxyl groups excluding tert-OH is 1. The van der Waals surface area contributed by atoms with Crippen molar-refractivity contribution in [2.75, 3.05) is 13.2 Å². The van der Waals surface area contributed by atoms with Crippen LogP contribution in [0, 0.1) is 0 Å². The molecule has 1 aliphatic rings. The van der Waals surface area contributed by atoms with Crippen LogP contribution in [0.2, 0.25) is 0 Å². The van der Waals surface area contributed by atoms with Crippen LogP contribution in [-0.2, 0) is 16.0 Å². The third-order valence-electron chi connectivity index (χ3n) is 4.42. The molecular weight excluding hydrogens is 400 g/mol. The van der Waals surface area contributed by atoms with Gasteiger partial charge in [0.2, 0.25) is 5.91 Å². The first-order valence-corrected chi connectivity index (χ1v) is 10.3. The normalized spacial score (nSPS) is 16.4. The van der Waals surface area contributed by atoms with Gasteiger partial charge in [-0.3, -0.25) is 19.3 Å². The lowest BCUT2D eigenvalue weighted by Crippen LogP contribution is -2.45. The molecule has 154 valence electrons. The number of amides is 3. The van der Waals surface area contributed by atoms with Crippen LogP contribution in [0.5, 0.6) is 0 Å². The number of carbonyl (C=O) groups excluding carboxylic acids is 3. The SMILES string of the molecule is O=C(CN1C(=O)S/C(=C\C=C\c2ccccc2)C1=O)NC(CO)Cc1ccccc1. The number of nitrogens with zero attached hydrogens (tertiary/aromatic N) is 1. The van der Waals surface area contributed by atoms with E-state index < -0.39 is 23.1 Å². The van der Waals surface area contributed by atoms with Gasteiger partial charge in [0, 0.05) is 0 Å². The Morgan fingerprint density at radius 3 is 2.40 bits per heavy atom. The van der Waals surface area contributed by atoms with E-state index in [1.54, 1.807) is 12.2 Å². The van der Waals surface area contributed by atoms with E-state index >= 15 is 0 Å². The van der Waals surface area contributed by atoms with E-state index in [4.69, 9.17) is 0 Å². The van der Waals surface area contributed by atoms with Crippen LogP contribution in [0.15, 0.2) is 77.7 Å². The van der Waals surface area contributed by atoms with Gasteiger partial charge in [0.05, 0.1) is 17.6 Å². The van der Waals surface area contributed by atoms with Gasteiger partial charge in [-0.25, -0.2) is 0 Å². The number of thioether (sulfide) groups is 1. The topological polar surface area (TPSA) is 86.7 Å². The Bertz CT molecular complexity index is 958. The van der Waals surface area contributed by atoms with Crippen LogP contribution in [0.3, 0.4) is 0 Å². The van der Waals surface area contributed by atoms with Gasteiger partial charge in [-0.15, -0.1) is 0 Å². The molecule has 1 atom stereocenters. The first-order chi connectivity index (χ1) is 14.6. The number of aliphatic hydroxyl groups is 1. The van der Waals surface area contributed by atoms with Crippen molar-refractivity contribution in [3.8, 4) is 0 Å². The Labute approximate surface area is 179 Å². The van der Waals surface area contributed by atoms with Crippen LogP contribution in [0.4, 0.5) is 4.79 Å². The van der Waals surface area contributed by atoms with Gasteiger partial charge in [0.1, 0.15) is 6.54 Å². The second-order valence-corrected chi connectivity index (χ2v) is 7.69. The molecule has 0 aliphatic carbocycles. The predicted molar refractivity (Wildman–Crippen MR) is 117 cm³/mol. The van der Waals surface area contributed by atoms with E-state index in [2.05, 4.69) is 5.32 Å². The molecule has 1 unspecified atom stereocenters. The summed E-state index contributed by atoms with van der Waals surface area (Å²) in [5, 5.41) is 11.7. The van der Waals surface area contributed by atoms with Crippen molar-refractivity contribution >= 4 is 34.9 Å². The van der Waals surface area contributed by atoms with Crippen LogP contribution in [0.1, 0.15) is 11.1 Å². The largest absolute Gasteiger partial charge is 0.394 e. The van der Waals surface area contributed by atoms with Crippen LogP contribution < -0.4 is 5.32 Å². The minimum atomic E-state index is -0.499. The molecule has 0 bridgehead atoms. The zero-order chi connectivity index (χ0) is 21.3. The lowest BCUT2D eigenvalue weighted by Gasteiger charge is -2.18. The number of rotatable bonds is 8. The number of carbonyl (C=O) groups is 3. The summed E-state index contributed by atoms with van der Waals surface area (Å²) in [6, 6.07) is 18.5. The number of allylic oxidation sites excluding steroid dienone is 2. The summed E-state index contributed by atoms with van der Waals surface area (Å²) in [4.78, 5) is 38.2. The molecule has 1 fully saturated rings. The molecule has 0 spiro atoms. The van der Waals surface area contributed by atoms with Gasteiger partial charge >= 0.3 is 0 Å². The minimum absolute atomic E-state index is 0.243. The fourth-order valence-electron chi connectivity index (χ4n) is 2.94. The van der Waals surface area contributed by atoms with E-state index in [9.17, 15) is 19.5 Å². The lowest BCUT2D eigenvalue weighted by atomic mass is 10.1. The molecule has 2 N–H and O–H groups in total. The lowest BCUT2D eigenvalue weighted by molar-refractivity contribution is -0.129. The predicted octanol–water partition coefficient (Wildman–Crippen LogP) is 3.00. The fraction of sp³-hybridized carbons (Fsp3) is 0.174. The average molecular weight is 423 g/mol. The first kappa shape index (κ1) is 21.5. The zero-order valence-corrected chi connectivity index (χ0v) is 17.0. The van der Waals surface area contributed by atoms with Crippen molar-refractivity contribution in [2.24, 2.45) is 0 Å². The van der Waals surface area contributed by atoms with E-state index in [0.29, 0.717) is 6.42 Å². The van der Waals surface area contributed by atoms with Crippen molar-refractivity contribution in [1.29, 1.82) is 0 Å². The molecule has 1 saturated heterocycles. The highest BCUT2D eigenvalue weighted by Gasteiger charge is 2.36. The summed E-state index contributed by atoms with van der Waals surface area (Å²) < 4.78 is 0. The van der Waals surface area contributed by atoms with Gasteiger partial charge in [0.25, 0.3) is 11.1 Å². The van der Waals surface area contributed by atoms with Gasteiger partial charge < -0.3 is 10.4 Å². The highest BCUT2D eigenvalue weighted by Crippen LogP contribution is 2.30. The quantitative estimate of drug-likeness (QED) is 0.639. The number of hydrogen-bond donors (Lipinski definition) is 2. The van der Waals surface area contributed by atoms with E-state index in [-0.39, 0.29) is 18.1 Å². The molecule has 3 rings (SSSR count). The van der Waals surface area contributed by atoms with E-state index in [1.807, 2.05) is 66.7 Å². The zero-order valence-electron chi connectivity index (χ0n) is 16.2. The maximum absolute atomic E-state index is 12.5. The van der Waals surface area contributed by atoms with E-state index in [0.717, 1.165) is 27.8 Å². The Balaban J connectivity index is 1.57. The summed E-state index contributed by atoms with van der Waals surface area (Å²) in [7, 11) is 0. The minimum Gasteiger partial charge on any atom is -0.394 e. The van der Waals surface area contributed by atoms with Gasteiger partial charge in [-0.1, -0.05) is 72.8 Å². The molecule has 7 heteroatoms. The van der Waals surface area contributed by atoms with E-state index in [1.165, 1.54) is 0 Å². The van der Waals surface area contributed by atoms with Crippen LogP contribution >= 0.6 is 11.8 Å². The van der Waals surface area contributed by atoms with Crippen molar-refractivity contribution < 1.29 is 19.5 Å². The van der Waals surface area contributed by atoms with Crippen molar-refractivity contribution in [2.45, 2.75) is 12.5 Å². The molecule has 0 radical (unpaired) electrons. The summed E-state index contributed by atoms with van der Waals surface area (Å²) in [6.07, 6.45) is 5.56. The Hall–Kier alpha value is -3.16. The first-order valence-electron chi connectivity index (χ1n) is 9.48. The maximum atomic E-state index is 12.5. The molecule has 30 heavy (non-hydrogen) atoms. The second-order valence-electron chi connectivity index (χ2n) is 6.70. The Morgan fingerprint density at radius 1 is 1.07 bits per heavy atom. The summed E-state index contributed by atoms with van der Waals surface area (Å²) in [5.74, 6) is -0.991. The smallest absolute Gasteiger partial charge is 0.294 e. The fourth-order valence-corrected chi connectivity index (χ4v) is 3.73. The summed E-state index contributed by atoms with van der Waals surface area (Å²) >= 11 is 0.804. The summed E-state index contributed by atoms with van der Waals surface area (Å²) in [6.45, 7) is -0.623. The average Bonchev–Trinajstić information content (AvgIpc) is 3.02. The third-order valence-corrected chi connectivity index (χ3v) is 5.35. The molecule has 0 aromatic heterocycles. The molecular formula is C23H22N2O4S. The van der Waals surface area contributed by atoms with Crippen molar-refractivity contribution in [3.05, 3.63) is 88.8 Å². The van der Waals surface area contributed by atoms with Gasteiger partial charge in [-0.2, -0.15) is 0 Å². The highest BCUT2D eigenvalue weighted by atomic mass is 32.2. The second kappa shape index (κ2) is 10.6. The molecule has 2 aromatic carbocycles. The van der Waals surface area contributed by atoms with Crippen molar-refractivity contribution in [3.63, 3.8) is 0 Å². The van der Waals surface area contributed by atoms with Crippen LogP contribution in [0.25, 0.3) is 6.08 Å². The number of benzene rings is 2. The molecule has 6 nitrogen and oxygen atoms in total. The highest BCUT2D eigenvalue weighted by molar-refractivity contribution is 8.18.